The predicted molar refractivity (Wildman–Crippen MR) is 96.2 cm³/mol. The van der Waals surface area contributed by atoms with Crippen molar-refractivity contribution in [2.75, 3.05) is 0 Å². The fourth-order valence-electron chi connectivity index (χ4n) is 6.11. The number of aliphatic carboxylic acids is 1. The zero-order valence-corrected chi connectivity index (χ0v) is 16.1. The van der Waals surface area contributed by atoms with E-state index in [1.165, 1.54) is 19.3 Å². The van der Waals surface area contributed by atoms with E-state index in [1.54, 1.807) is 0 Å². The second-order valence-electron chi connectivity index (χ2n) is 9.36. The molecule has 0 spiro atoms. The Hall–Kier alpha value is -0.530. The van der Waals surface area contributed by atoms with Crippen molar-refractivity contribution in [2.45, 2.75) is 73.6 Å². The van der Waals surface area contributed by atoms with E-state index in [-0.39, 0.29) is 5.92 Å². The second kappa shape index (κ2) is 7.57. The van der Waals surface area contributed by atoms with Gasteiger partial charge in [-0.3, -0.25) is 4.79 Å². The SMILES string of the molecule is CC1CCC(C(C)C)C(C2C(C(=O)O)CCC(C(C)C)C2C)C1. The summed E-state index contributed by atoms with van der Waals surface area (Å²) in [5.74, 6) is 4.39. The minimum Gasteiger partial charge on any atom is -0.481 e. The third kappa shape index (κ3) is 3.94. The Morgan fingerprint density at radius 1 is 0.913 bits per heavy atom. The van der Waals surface area contributed by atoms with Crippen LogP contribution >= 0.6 is 0 Å². The summed E-state index contributed by atoms with van der Waals surface area (Å²) in [5.41, 5.74) is 0. The first-order chi connectivity index (χ1) is 10.7. The topological polar surface area (TPSA) is 37.3 Å². The van der Waals surface area contributed by atoms with E-state index in [1.807, 2.05) is 0 Å². The Labute approximate surface area is 143 Å². The largest absolute Gasteiger partial charge is 0.481 e. The lowest BCUT2D eigenvalue weighted by molar-refractivity contribution is -0.151. The van der Waals surface area contributed by atoms with Gasteiger partial charge in [0, 0.05) is 0 Å². The van der Waals surface area contributed by atoms with Crippen molar-refractivity contribution in [1.29, 1.82) is 0 Å². The highest BCUT2D eigenvalue weighted by Gasteiger charge is 2.48. The van der Waals surface area contributed by atoms with Crippen molar-refractivity contribution < 1.29 is 9.90 Å². The fourth-order valence-corrected chi connectivity index (χ4v) is 6.11. The standard InChI is InChI=1S/C21H38O2/c1-12(2)16-9-10-18(21(22)23)20(15(16)6)19-11-14(5)7-8-17(19)13(3)4/h12-20H,7-11H2,1-6H3,(H,22,23). The molecule has 2 saturated carbocycles. The lowest BCUT2D eigenvalue weighted by Crippen LogP contribution is -2.46. The van der Waals surface area contributed by atoms with Gasteiger partial charge in [-0.25, -0.2) is 0 Å². The molecule has 0 aromatic rings. The Bertz CT molecular complexity index is 401. The number of hydrogen-bond donors (Lipinski definition) is 1. The summed E-state index contributed by atoms with van der Waals surface area (Å²) in [6.07, 6.45) is 5.85. The van der Waals surface area contributed by atoms with E-state index in [9.17, 15) is 9.90 Å². The average molecular weight is 323 g/mol. The Balaban J connectivity index is 2.32. The number of hydrogen-bond acceptors (Lipinski definition) is 1. The van der Waals surface area contributed by atoms with Gasteiger partial charge in [-0.05, 0) is 73.0 Å². The maximum Gasteiger partial charge on any atom is 0.306 e. The first-order valence-electron chi connectivity index (χ1n) is 9.96. The molecular weight excluding hydrogens is 284 g/mol. The van der Waals surface area contributed by atoms with Gasteiger partial charge in [0.1, 0.15) is 0 Å². The molecule has 7 atom stereocenters. The van der Waals surface area contributed by atoms with E-state index >= 15 is 0 Å². The minimum absolute atomic E-state index is 0.114. The van der Waals surface area contributed by atoms with E-state index in [2.05, 4.69) is 41.5 Å². The van der Waals surface area contributed by atoms with Gasteiger partial charge in [-0.2, -0.15) is 0 Å². The molecule has 0 radical (unpaired) electrons. The number of carbonyl (C=O) groups is 1. The molecule has 134 valence electrons. The minimum atomic E-state index is -0.537. The summed E-state index contributed by atoms with van der Waals surface area (Å²) in [4.78, 5) is 12.0. The molecule has 2 rings (SSSR count). The van der Waals surface area contributed by atoms with E-state index < -0.39 is 5.97 Å². The van der Waals surface area contributed by atoms with Gasteiger partial charge >= 0.3 is 5.97 Å². The molecule has 0 aromatic heterocycles. The summed E-state index contributed by atoms with van der Waals surface area (Å²) in [6, 6.07) is 0. The third-order valence-electron chi connectivity index (χ3n) is 7.30. The lowest BCUT2D eigenvalue weighted by Gasteiger charge is -2.50. The molecule has 23 heavy (non-hydrogen) atoms. The van der Waals surface area contributed by atoms with Crippen LogP contribution in [0.2, 0.25) is 0 Å². The van der Waals surface area contributed by atoms with Gasteiger partial charge in [0.2, 0.25) is 0 Å². The van der Waals surface area contributed by atoms with Crippen LogP contribution in [0.15, 0.2) is 0 Å². The van der Waals surface area contributed by atoms with Crippen molar-refractivity contribution in [3.8, 4) is 0 Å². The highest BCUT2D eigenvalue weighted by molar-refractivity contribution is 5.70. The van der Waals surface area contributed by atoms with Crippen LogP contribution in [0.25, 0.3) is 0 Å². The van der Waals surface area contributed by atoms with Gasteiger partial charge in [0.15, 0.2) is 0 Å². The molecule has 2 heteroatoms. The zero-order valence-electron chi connectivity index (χ0n) is 16.1. The molecule has 2 fully saturated rings. The molecule has 2 nitrogen and oxygen atoms in total. The Morgan fingerprint density at radius 3 is 2.00 bits per heavy atom. The van der Waals surface area contributed by atoms with Gasteiger partial charge < -0.3 is 5.11 Å². The van der Waals surface area contributed by atoms with E-state index in [0.29, 0.717) is 41.4 Å². The third-order valence-corrected chi connectivity index (χ3v) is 7.30. The molecule has 0 aliphatic heterocycles. The number of carboxylic acids is 1. The van der Waals surface area contributed by atoms with E-state index in [0.717, 1.165) is 18.8 Å². The molecule has 7 unspecified atom stereocenters. The van der Waals surface area contributed by atoms with Crippen molar-refractivity contribution in [3.05, 3.63) is 0 Å². The zero-order chi connectivity index (χ0) is 17.3. The van der Waals surface area contributed by atoms with Crippen LogP contribution in [-0.2, 0) is 4.79 Å². The fraction of sp³-hybridized carbons (Fsp3) is 0.952. The Morgan fingerprint density at radius 2 is 1.48 bits per heavy atom. The summed E-state index contributed by atoms with van der Waals surface area (Å²) < 4.78 is 0. The molecule has 0 aromatic carbocycles. The predicted octanol–water partition coefficient (Wildman–Crippen LogP) is 5.71. The highest BCUT2D eigenvalue weighted by atomic mass is 16.4. The molecule has 1 N–H and O–H groups in total. The first-order valence-corrected chi connectivity index (χ1v) is 9.96. The molecule has 0 heterocycles. The first kappa shape index (κ1) is 18.8. The molecule has 0 amide bonds. The number of carboxylic acid groups (broad SMARTS) is 1. The summed E-state index contributed by atoms with van der Waals surface area (Å²) in [5, 5.41) is 9.87. The average Bonchev–Trinajstić information content (AvgIpc) is 2.45. The van der Waals surface area contributed by atoms with Crippen LogP contribution in [0.5, 0.6) is 0 Å². The van der Waals surface area contributed by atoms with Crippen LogP contribution in [-0.4, -0.2) is 11.1 Å². The molecule has 0 bridgehead atoms. The van der Waals surface area contributed by atoms with Crippen LogP contribution in [0.3, 0.4) is 0 Å². The van der Waals surface area contributed by atoms with Crippen molar-refractivity contribution in [2.24, 2.45) is 53.3 Å². The van der Waals surface area contributed by atoms with Crippen LogP contribution in [0.4, 0.5) is 0 Å². The number of rotatable bonds is 4. The monoisotopic (exact) mass is 322 g/mol. The van der Waals surface area contributed by atoms with Gasteiger partial charge in [0.05, 0.1) is 5.92 Å². The van der Waals surface area contributed by atoms with Crippen molar-refractivity contribution in [1.82, 2.24) is 0 Å². The van der Waals surface area contributed by atoms with Crippen molar-refractivity contribution in [3.63, 3.8) is 0 Å². The quantitative estimate of drug-likeness (QED) is 0.719. The highest BCUT2D eigenvalue weighted by Crippen LogP contribution is 2.52. The van der Waals surface area contributed by atoms with Crippen LogP contribution < -0.4 is 0 Å². The summed E-state index contributed by atoms with van der Waals surface area (Å²) >= 11 is 0. The molecule has 2 aliphatic carbocycles. The molecule has 0 saturated heterocycles. The maximum absolute atomic E-state index is 12.0. The van der Waals surface area contributed by atoms with E-state index in [4.69, 9.17) is 0 Å². The van der Waals surface area contributed by atoms with Crippen LogP contribution in [0.1, 0.15) is 73.6 Å². The van der Waals surface area contributed by atoms with Crippen LogP contribution in [0, 0.1) is 53.3 Å². The molecule has 2 aliphatic rings. The van der Waals surface area contributed by atoms with Gasteiger partial charge in [0.25, 0.3) is 0 Å². The smallest absolute Gasteiger partial charge is 0.306 e. The second-order valence-corrected chi connectivity index (χ2v) is 9.36. The van der Waals surface area contributed by atoms with Crippen molar-refractivity contribution >= 4 is 5.97 Å². The summed E-state index contributed by atoms with van der Waals surface area (Å²) in [7, 11) is 0. The normalized spacial score (nSPS) is 42.2. The Kier molecular flexibility index (Phi) is 6.19. The van der Waals surface area contributed by atoms with Gasteiger partial charge in [-0.1, -0.05) is 48.0 Å². The van der Waals surface area contributed by atoms with Gasteiger partial charge in [-0.15, -0.1) is 0 Å². The maximum atomic E-state index is 12.0. The lowest BCUT2D eigenvalue weighted by atomic mass is 9.54. The molecular formula is C21H38O2. The summed E-state index contributed by atoms with van der Waals surface area (Å²) in [6.45, 7) is 14.1.